The molecule has 0 aliphatic heterocycles. The standard InChI is InChI=1S/C16H22FNO3/c1-4-5-10-21-16(20)14(11(2)3)18-15(19)12-6-8-13(17)9-7-12/h6-9,11,14H,4-5,10H2,1-3H3,(H,18,19). The molecule has 116 valence electrons. The van der Waals surface area contributed by atoms with E-state index in [0.717, 1.165) is 12.8 Å². The minimum atomic E-state index is -0.709. The van der Waals surface area contributed by atoms with Gasteiger partial charge in [-0.3, -0.25) is 4.79 Å². The monoisotopic (exact) mass is 295 g/mol. The Balaban J connectivity index is 2.67. The van der Waals surface area contributed by atoms with Crippen LogP contribution in [0, 0.1) is 11.7 Å². The molecule has 0 radical (unpaired) electrons. The molecule has 0 bridgehead atoms. The van der Waals surface area contributed by atoms with E-state index in [-0.39, 0.29) is 5.92 Å². The third-order valence-corrected chi connectivity index (χ3v) is 3.06. The molecule has 4 nitrogen and oxygen atoms in total. The van der Waals surface area contributed by atoms with Gasteiger partial charge in [0.15, 0.2) is 0 Å². The maximum atomic E-state index is 12.8. The van der Waals surface area contributed by atoms with E-state index in [4.69, 9.17) is 4.74 Å². The first-order valence-electron chi connectivity index (χ1n) is 7.18. The van der Waals surface area contributed by atoms with Crippen molar-refractivity contribution in [1.82, 2.24) is 5.32 Å². The number of nitrogens with one attached hydrogen (secondary N) is 1. The quantitative estimate of drug-likeness (QED) is 0.621. The molecule has 1 aromatic carbocycles. The smallest absolute Gasteiger partial charge is 0.328 e. The van der Waals surface area contributed by atoms with E-state index in [9.17, 15) is 14.0 Å². The zero-order chi connectivity index (χ0) is 15.8. The Morgan fingerprint density at radius 2 is 1.86 bits per heavy atom. The number of rotatable bonds is 7. The molecule has 21 heavy (non-hydrogen) atoms. The number of halogens is 1. The van der Waals surface area contributed by atoms with Gasteiger partial charge in [-0.15, -0.1) is 0 Å². The van der Waals surface area contributed by atoms with Crippen molar-refractivity contribution in [3.8, 4) is 0 Å². The molecule has 1 N–H and O–H groups in total. The Kier molecular flexibility index (Phi) is 6.85. The predicted octanol–water partition coefficient (Wildman–Crippen LogP) is 2.92. The van der Waals surface area contributed by atoms with Gasteiger partial charge in [0.05, 0.1) is 6.61 Å². The summed E-state index contributed by atoms with van der Waals surface area (Å²) in [7, 11) is 0. The number of amides is 1. The number of ether oxygens (including phenoxy) is 1. The summed E-state index contributed by atoms with van der Waals surface area (Å²) in [6.07, 6.45) is 1.73. The summed E-state index contributed by atoms with van der Waals surface area (Å²) in [5, 5.41) is 2.64. The maximum absolute atomic E-state index is 12.8. The molecule has 0 spiro atoms. The van der Waals surface area contributed by atoms with Crippen molar-refractivity contribution < 1.29 is 18.7 Å². The number of esters is 1. The lowest BCUT2D eigenvalue weighted by Gasteiger charge is -2.20. The highest BCUT2D eigenvalue weighted by molar-refractivity contribution is 5.96. The van der Waals surface area contributed by atoms with Gasteiger partial charge in [-0.25, -0.2) is 9.18 Å². The SMILES string of the molecule is CCCCOC(=O)C(NC(=O)c1ccc(F)cc1)C(C)C. The fourth-order valence-electron chi connectivity index (χ4n) is 1.73. The van der Waals surface area contributed by atoms with E-state index in [1.165, 1.54) is 24.3 Å². The number of benzene rings is 1. The average Bonchev–Trinajstić information content (AvgIpc) is 2.45. The van der Waals surface area contributed by atoms with Gasteiger partial charge in [0.2, 0.25) is 0 Å². The molecule has 0 aromatic heterocycles. The second kappa shape index (κ2) is 8.39. The molecule has 1 atom stereocenters. The van der Waals surface area contributed by atoms with E-state index in [1.807, 2.05) is 20.8 Å². The van der Waals surface area contributed by atoms with Gasteiger partial charge in [0.1, 0.15) is 11.9 Å². The molecule has 5 heteroatoms. The number of hydrogen-bond acceptors (Lipinski definition) is 3. The summed E-state index contributed by atoms with van der Waals surface area (Å²) in [5.41, 5.74) is 0.309. The van der Waals surface area contributed by atoms with Crippen molar-refractivity contribution >= 4 is 11.9 Å². The second-order valence-corrected chi connectivity index (χ2v) is 5.22. The number of carbonyl (C=O) groups excluding carboxylic acids is 2. The van der Waals surface area contributed by atoms with Gasteiger partial charge in [0.25, 0.3) is 5.91 Å². The molecule has 0 fully saturated rings. The van der Waals surface area contributed by atoms with Crippen LogP contribution in [0.2, 0.25) is 0 Å². The van der Waals surface area contributed by atoms with E-state index in [2.05, 4.69) is 5.32 Å². The predicted molar refractivity (Wildman–Crippen MR) is 78.4 cm³/mol. The fraction of sp³-hybridized carbons (Fsp3) is 0.500. The molecule has 1 rings (SSSR count). The molecule has 1 aromatic rings. The summed E-state index contributed by atoms with van der Waals surface area (Å²) in [6.45, 7) is 6.02. The lowest BCUT2D eigenvalue weighted by molar-refractivity contribution is -0.147. The van der Waals surface area contributed by atoms with Gasteiger partial charge in [-0.05, 0) is 36.6 Å². The maximum Gasteiger partial charge on any atom is 0.328 e. The van der Waals surface area contributed by atoms with Gasteiger partial charge >= 0.3 is 5.97 Å². The van der Waals surface area contributed by atoms with Crippen LogP contribution >= 0.6 is 0 Å². The van der Waals surface area contributed by atoms with Crippen molar-refractivity contribution in [3.63, 3.8) is 0 Å². The Bertz CT molecular complexity index is 471. The van der Waals surface area contributed by atoms with Crippen LogP contribution in [0.15, 0.2) is 24.3 Å². The van der Waals surface area contributed by atoms with E-state index < -0.39 is 23.7 Å². The minimum absolute atomic E-state index is 0.0940. The zero-order valence-electron chi connectivity index (χ0n) is 12.7. The molecule has 1 amide bonds. The van der Waals surface area contributed by atoms with E-state index >= 15 is 0 Å². The van der Waals surface area contributed by atoms with Crippen LogP contribution in [0.3, 0.4) is 0 Å². The first-order chi connectivity index (χ1) is 9.95. The molecular weight excluding hydrogens is 273 g/mol. The largest absolute Gasteiger partial charge is 0.464 e. The van der Waals surface area contributed by atoms with Crippen LogP contribution in [-0.4, -0.2) is 24.5 Å². The summed E-state index contributed by atoms with van der Waals surface area (Å²) >= 11 is 0. The highest BCUT2D eigenvalue weighted by Crippen LogP contribution is 2.08. The van der Waals surface area contributed by atoms with Crippen molar-refractivity contribution in [2.24, 2.45) is 5.92 Å². The van der Waals surface area contributed by atoms with Gasteiger partial charge in [-0.2, -0.15) is 0 Å². The van der Waals surface area contributed by atoms with Gasteiger partial charge in [-0.1, -0.05) is 27.2 Å². The highest BCUT2D eigenvalue weighted by Gasteiger charge is 2.26. The van der Waals surface area contributed by atoms with Gasteiger partial charge in [0, 0.05) is 5.56 Å². The molecule has 0 heterocycles. The minimum Gasteiger partial charge on any atom is -0.464 e. The third kappa shape index (κ3) is 5.53. The summed E-state index contributed by atoms with van der Waals surface area (Å²) in [4.78, 5) is 24.0. The highest BCUT2D eigenvalue weighted by atomic mass is 19.1. The zero-order valence-corrected chi connectivity index (χ0v) is 12.7. The van der Waals surface area contributed by atoms with Crippen molar-refractivity contribution in [1.29, 1.82) is 0 Å². The molecule has 0 saturated heterocycles. The topological polar surface area (TPSA) is 55.4 Å². The number of unbranched alkanes of at least 4 members (excludes halogenated alkanes) is 1. The lowest BCUT2D eigenvalue weighted by Crippen LogP contribution is -2.45. The lowest BCUT2D eigenvalue weighted by atomic mass is 10.0. The Morgan fingerprint density at radius 3 is 2.38 bits per heavy atom. The molecule has 0 aliphatic rings. The Morgan fingerprint density at radius 1 is 1.24 bits per heavy atom. The fourth-order valence-corrected chi connectivity index (χ4v) is 1.73. The molecule has 0 aliphatic carbocycles. The van der Waals surface area contributed by atoms with Crippen LogP contribution in [0.25, 0.3) is 0 Å². The van der Waals surface area contributed by atoms with Gasteiger partial charge < -0.3 is 10.1 Å². The molecule has 1 unspecified atom stereocenters. The second-order valence-electron chi connectivity index (χ2n) is 5.22. The van der Waals surface area contributed by atoms with Crippen LogP contribution in [0.4, 0.5) is 4.39 Å². The third-order valence-electron chi connectivity index (χ3n) is 3.06. The van der Waals surface area contributed by atoms with Crippen LogP contribution in [0.5, 0.6) is 0 Å². The van der Waals surface area contributed by atoms with Crippen molar-refractivity contribution in [2.45, 2.75) is 39.7 Å². The summed E-state index contributed by atoms with van der Waals surface area (Å²) in [5.74, 6) is -1.36. The van der Waals surface area contributed by atoms with Crippen LogP contribution in [-0.2, 0) is 9.53 Å². The molecule has 0 saturated carbocycles. The number of carbonyl (C=O) groups is 2. The number of hydrogen-bond donors (Lipinski definition) is 1. The van der Waals surface area contributed by atoms with Crippen LogP contribution < -0.4 is 5.32 Å². The Labute approximate surface area is 124 Å². The first kappa shape index (κ1) is 17.1. The average molecular weight is 295 g/mol. The van der Waals surface area contributed by atoms with Crippen molar-refractivity contribution in [2.75, 3.05) is 6.61 Å². The first-order valence-corrected chi connectivity index (χ1v) is 7.18. The summed E-state index contributed by atoms with van der Waals surface area (Å²) in [6, 6.07) is 4.46. The van der Waals surface area contributed by atoms with E-state index in [1.54, 1.807) is 0 Å². The van der Waals surface area contributed by atoms with Crippen LogP contribution in [0.1, 0.15) is 44.0 Å². The summed E-state index contributed by atoms with van der Waals surface area (Å²) < 4.78 is 18.0. The Hall–Kier alpha value is -1.91. The van der Waals surface area contributed by atoms with Crippen molar-refractivity contribution in [3.05, 3.63) is 35.6 Å². The normalized spacial score (nSPS) is 12.0. The van der Waals surface area contributed by atoms with E-state index in [0.29, 0.717) is 12.2 Å². The molecular formula is C16H22FNO3.